The summed E-state index contributed by atoms with van der Waals surface area (Å²) in [5.74, 6) is 0. The van der Waals surface area contributed by atoms with E-state index in [-0.39, 0.29) is 0 Å². The van der Waals surface area contributed by atoms with E-state index in [2.05, 4.69) is 52.0 Å². The molecule has 0 spiro atoms. The van der Waals surface area contributed by atoms with Crippen LogP contribution < -0.4 is 10.6 Å². The quantitative estimate of drug-likeness (QED) is 0.309. The molecule has 0 saturated heterocycles. The molecule has 4 rings (SSSR count). The Morgan fingerprint density at radius 1 is 1.03 bits per heavy atom. The smallest absolute Gasteiger partial charge is 0.175 e. The van der Waals surface area contributed by atoms with Gasteiger partial charge in [-0.05, 0) is 56.2 Å². The maximum absolute atomic E-state index is 6.27. The molecule has 33 heavy (non-hydrogen) atoms. The molecule has 2 heterocycles. The molecule has 0 aliphatic rings. The van der Waals surface area contributed by atoms with Gasteiger partial charge in [0.15, 0.2) is 5.11 Å². The van der Waals surface area contributed by atoms with E-state index in [4.69, 9.17) is 35.4 Å². The van der Waals surface area contributed by atoms with E-state index < -0.39 is 0 Å². The van der Waals surface area contributed by atoms with E-state index in [9.17, 15) is 0 Å². The van der Waals surface area contributed by atoms with E-state index in [1.54, 1.807) is 16.9 Å². The minimum absolute atomic E-state index is 0.473. The zero-order valence-corrected chi connectivity index (χ0v) is 20.9. The van der Waals surface area contributed by atoms with Gasteiger partial charge in [0.2, 0.25) is 0 Å². The first-order valence-electron chi connectivity index (χ1n) is 10.4. The predicted octanol–water partition coefficient (Wildman–Crippen LogP) is 6.22. The van der Waals surface area contributed by atoms with Crippen molar-refractivity contribution in [3.8, 4) is 0 Å². The van der Waals surface area contributed by atoms with Crippen molar-refractivity contribution in [2.24, 2.45) is 0 Å². The van der Waals surface area contributed by atoms with Crippen LogP contribution in [0.2, 0.25) is 10.0 Å². The van der Waals surface area contributed by atoms with Crippen molar-refractivity contribution < 1.29 is 0 Å². The Morgan fingerprint density at radius 3 is 2.61 bits per heavy atom. The van der Waals surface area contributed by atoms with Crippen LogP contribution in [-0.4, -0.2) is 24.7 Å². The van der Waals surface area contributed by atoms with Gasteiger partial charge in [-0.2, -0.15) is 10.2 Å². The molecule has 6 nitrogen and oxygen atoms in total. The lowest BCUT2D eigenvalue weighted by molar-refractivity contribution is 0.659. The van der Waals surface area contributed by atoms with Gasteiger partial charge in [-0.1, -0.05) is 59.1 Å². The maximum Gasteiger partial charge on any atom is 0.175 e. The lowest BCUT2D eigenvalue weighted by Gasteiger charge is -2.10. The summed E-state index contributed by atoms with van der Waals surface area (Å²) in [5.41, 5.74) is 6.96. The number of anilines is 2. The maximum atomic E-state index is 6.27. The minimum Gasteiger partial charge on any atom is -0.330 e. The second kappa shape index (κ2) is 9.95. The highest BCUT2D eigenvalue weighted by Crippen LogP contribution is 2.23. The first-order chi connectivity index (χ1) is 15.8. The summed E-state index contributed by atoms with van der Waals surface area (Å²) in [5, 5.41) is 17.2. The van der Waals surface area contributed by atoms with Crippen molar-refractivity contribution >= 4 is 51.9 Å². The normalized spacial score (nSPS) is 10.9. The van der Waals surface area contributed by atoms with Crippen LogP contribution in [0.5, 0.6) is 0 Å². The van der Waals surface area contributed by atoms with E-state index >= 15 is 0 Å². The van der Waals surface area contributed by atoms with Gasteiger partial charge in [0, 0.05) is 16.2 Å². The van der Waals surface area contributed by atoms with Crippen molar-refractivity contribution in [3.05, 3.63) is 93.0 Å². The number of rotatable bonds is 6. The third-order valence-electron chi connectivity index (χ3n) is 5.27. The second-order valence-electron chi connectivity index (χ2n) is 7.93. The Morgan fingerprint density at radius 2 is 1.85 bits per heavy atom. The number of aryl methyl sites for hydroxylation is 2. The zero-order valence-electron chi connectivity index (χ0n) is 18.6. The van der Waals surface area contributed by atoms with Crippen LogP contribution in [0.4, 0.5) is 11.4 Å². The SMILES string of the molecule is Cc1cccc(Cn2nc(C)c(NC(=S)Nc3cnn(Cc4ccc(Cl)cc4Cl)c3)c2C)c1. The number of hydrogen-bond acceptors (Lipinski definition) is 3. The first-order valence-corrected chi connectivity index (χ1v) is 11.6. The summed E-state index contributed by atoms with van der Waals surface area (Å²) in [6, 6.07) is 13.9. The van der Waals surface area contributed by atoms with Gasteiger partial charge in [0.1, 0.15) is 0 Å². The third kappa shape index (κ3) is 5.74. The Labute approximate surface area is 208 Å². The van der Waals surface area contributed by atoms with Gasteiger partial charge in [-0.15, -0.1) is 0 Å². The van der Waals surface area contributed by atoms with Crippen LogP contribution in [-0.2, 0) is 13.1 Å². The van der Waals surface area contributed by atoms with Gasteiger partial charge in [-0.3, -0.25) is 9.36 Å². The average molecular weight is 499 g/mol. The molecule has 0 bridgehead atoms. The number of aromatic nitrogens is 4. The van der Waals surface area contributed by atoms with Crippen molar-refractivity contribution in [2.75, 3.05) is 10.6 Å². The number of nitrogens with one attached hydrogen (secondary N) is 2. The van der Waals surface area contributed by atoms with E-state index in [1.165, 1.54) is 11.1 Å². The number of halogens is 2. The Bertz CT molecular complexity index is 1310. The van der Waals surface area contributed by atoms with E-state index in [1.807, 2.05) is 36.9 Å². The summed E-state index contributed by atoms with van der Waals surface area (Å²) in [6.45, 7) is 7.33. The Kier molecular flexibility index (Phi) is 7.02. The molecular formula is C24H24Cl2N6S. The molecule has 9 heteroatoms. The van der Waals surface area contributed by atoms with Gasteiger partial charge in [-0.25, -0.2) is 0 Å². The topological polar surface area (TPSA) is 59.7 Å². The van der Waals surface area contributed by atoms with E-state index in [0.29, 0.717) is 28.2 Å². The molecule has 0 radical (unpaired) electrons. The predicted molar refractivity (Wildman–Crippen MR) is 140 cm³/mol. The van der Waals surface area contributed by atoms with Crippen molar-refractivity contribution in [1.29, 1.82) is 0 Å². The van der Waals surface area contributed by atoms with Gasteiger partial charge in [0.05, 0.1) is 42.0 Å². The number of thiocarbonyl (C=S) groups is 1. The molecule has 170 valence electrons. The Hall–Kier alpha value is -2.87. The monoisotopic (exact) mass is 498 g/mol. The fraction of sp³-hybridized carbons (Fsp3) is 0.208. The lowest BCUT2D eigenvalue weighted by atomic mass is 10.1. The van der Waals surface area contributed by atoms with Crippen LogP contribution >= 0.6 is 35.4 Å². The molecule has 0 aliphatic carbocycles. The van der Waals surface area contributed by atoms with Gasteiger partial charge < -0.3 is 10.6 Å². The summed E-state index contributed by atoms with van der Waals surface area (Å²) in [7, 11) is 0. The minimum atomic E-state index is 0.473. The van der Waals surface area contributed by atoms with Crippen molar-refractivity contribution in [1.82, 2.24) is 19.6 Å². The molecule has 0 atom stereocenters. The highest BCUT2D eigenvalue weighted by atomic mass is 35.5. The summed E-state index contributed by atoms with van der Waals surface area (Å²) >= 11 is 17.8. The third-order valence-corrected chi connectivity index (χ3v) is 6.06. The molecule has 2 aromatic carbocycles. The summed E-state index contributed by atoms with van der Waals surface area (Å²) in [6.07, 6.45) is 3.60. The molecule has 0 unspecified atom stereocenters. The molecule has 0 saturated carbocycles. The molecule has 0 fully saturated rings. The van der Waals surface area contributed by atoms with Gasteiger partial charge >= 0.3 is 0 Å². The molecular weight excluding hydrogens is 475 g/mol. The first kappa shape index (κ1) is 23.3. The van der Waals surface area contributed by atoms with Crippen molar-refractivity contribution in [3.63, 3.8) is 0 Å². The largest absolute Gasteiger partial charge is 0.330 e. The van der Waals surface area contributed by atoms with Crippen molar-refractivity contribution in [2.45, 2.75) is 33.9 Å². The fourth-order valence-electron chi connectivity index (χ4n) is 3.63. The highest BCUT2D eigenvalue weighted by molar-refractivity contribution is 7.80. The standard InChI is InChI=1S/C24H24Cl2N6S/c1-15-5-4-6-18(9-15)12-32-17(3)23(16(2)30-32)29-24(33)28-21-11-27-31(14-21)13-19-7-8-20(25)10-22(19)26/h4-11,14H,12-13H2,1-3H3,(H2,28,29,33). The molecule has 4 aromatic rings. The molecule has 0 amide bonds. The summed E-state index contributed by atoms with van der Waals surface area (Å²) < 4.78 is 3.78. The molecule has 2 aromatic heterocycles. The van der Waals surface area contributed by atoms with Crippen LogP contribution in [0.15, 0.2) is 54.9 Å². The number of benzene rings is 2. The second-order valence-corrected chi connectivity index (χ2v) is 9.19. The molecule has 2 N–H and O–H groups in total. The van der Waals surface area contributed by atoms with Crippen LogP contribution in [0, 0.1) is 20.8 Å². The van der Waals surface area contributed by atoms with Crippen LogP contribution in [0.25, 0.3) is 0 Å². The number of nitrogens with zero attached hydrogens (tertiary/aromatic N) is 4. The summed E-state index contributed by atoms with van der Waals surface area (Å²) in [4.78, 5) is 0. The fourth-order valence-corrected chi connectivity index (χ4v) is 4.32. The lowest BCUT2D eigenvalue weighted by Crippen LogP contribution is -2.19. The average Bonchev–Trinajstić information content (AvgIpc) is 3.29. The molecule has 0 aliphatic heterocycles. The highest BCUT2D eigenvalue weighted by Gasteiger charge is 2.14. The van der Waals surface area contributed by atoms with Crippen LogP contribution in [0.3, 0.4) is 0 Å². The van der Waals surface area contributed by atoms with E-state index in [0.717, 1.165) is 28.3 Å². The zero-order chi connectivity index (χ0) is 23.5. The number of hydrogen-bond donors (Lipinski definition) is 2. The van der Waals surface area contributed by atoms with Gasteiger partial charge in [0.25, 0.3) is 0 Å². The van der Waals surface area contributed by atoms with Crippen LogP contribution in [0.1, 0.15) is 28.1 Å². The Balaban J connectivity index is 1.40.